The number of ether oxygens (including phenoxy) is 3. The van der Waals surface area contributed by atoms with Gasteiger partial charge in [-0.3, -0.25) is 13.9 Å². The van der Waals surface area contributed by atoms with Crippen LogP contribution in [0, 0.1) is 0 Å². The van der Waals surface area contributed by atoms with Crippen molar-refractivity contribution in [3.8, 4) is 11.5 Å². The second-order valence-corrected chi connectivity index (χ2v) is 8.04. The van der Waals surface area contributed by atoms with Gasteiger partial charge in [-0.1, -0.05) is 0 Å². The second-order valence-electron chi connectivity index (χ2n) is 7.15. The van der Waals surface area contributed by atoms with Crippen LogP contribution in [0.15, 0.2) is 12.1 Å². The van der Waals surface area contributed by atoms with Gasteiger partial charge in [-0.15, -0.1) is 0 Å². The van der Waals surface area contributed by atoms with Gasteiger partial charge in [0.15, 0.2) is 11.5 Å². The molecule has 5 N–H and O–H groups in total. The molecule has 33 heavy (non-hydrogen) atoms. The summed E-state index contributed by atoms with van der Waals surface area (Å²) in [5.41, 5.74) is 6.81. The first-order chi connectivity index (χ1) is 15.5. The third-order valence-corrected chi connectivity index (χ3v) is 4.75. The lowest BCUT2D eigenvalue weighted by Crippen LogP contribution is -2.36. The maximum Gasteiger partial charge on any atom is 0.394 e. The van der Waals surface area contributed by atoms with Crippen molar-refractivity contribution in [3.05, 3.63) is 12.1 Å². The molecule has 1 amide bonds. The zero-order valence-corrected chi connectivity index (χ0v) is 19.5. The second kappa shape index (κ2) is 11.8. The molecule has 1 unspecified atom stereocenters. The summed E-state index contributed by atoms with van der Waals surface area (Å²) >= 11 is 0. The van der Waals surface area contributed by atoms with Gasteiger partial charge in [-0.25, -0.2) is 4.98 Å². The molecule has 3 rings (SSSR count). The van der Waals surface area contributed by atoms with E-state index in [2.05, 4.69) is 15.3 Å². The van der Waals surface area contributed by atoms with Crippen molar-refractivity contribution in [1.82, 2.24) is 15.3 Å². The number of hydrogen-bond donors (Lipinski definition) is 4. The van der Waals surface area contributed by atoms with Crippen molar-refractivity contribution in [3.63, 3.8) is 0 Å². The molecule has 14 heteroatoms. The van der Waals surface area contributed by atoms with Gasteiger partial charge >= 0.3 is 10.4 Å². The van der Waals surface area contributed by atoms with E-state index in [-0.39, 0.29) is 12.0 Å². The van der Waals surface area contributed by atoms with E-state index in [1.165, 1.54) is 0 Å². The topological polar surface area (TPSA) is 186 Å². The molecule has 0 bridgehead atoms. The lowest BCUT2D eigenvalue weighted by molar-refractivity contribution is -0.130. The fraction of sp³-hybridized carbons (Fsp3) is 0.526. The van der Waals surface area contributed by atoms with E-state index >= 15 is 0 Å². The predicted molar refractivity (Wildman–Crippen MR) is 121 cm³/mol. The molecule has 1 aromatic carbocycles. The summed E-state index contributed by atoms with van der Waals surface area (Å²) in [5.74, 6) is 2.02. The van der Waals surface area contributed by atoms with Crippen LogP contribution >= 0.6 is 0 Å². The first-order valence-corrected chi connectivity index (χ1v) is 11.4. The number of benzene rings is 1. The first-order valence-electron chi connectivity index (χ1n) is 10.0. The average molecular weight is 488 g/mol. The monoisotopic (exact) mass is 487 g/mol. The van der Waals surface area contributed by atoms with Crippen LogP contribution in [0.2, 0.25) is 0 Å². The van der Waals surface area contributed by atoms with Gasteiger partial charge in [0.2, 0.25) is 11.9 Å². The number of rotatable bonds is 8. The van der Waals surface area contributed by atoms with Gasteiger partial charge in [0.1, 0.15) is 11.9 Å². The molecule has 1 aromatic heterocycles. The fourth-order valence-electron chi connectivity index (χ4n) is 3.16. The maximum atomic E-state index is 12.0. The number of nitrogens with two attached hydrogens (primary N) is 1. The number of aromatic nitrogens is 2. The minimum Gasteiger partial charge on any atom is -0.493 e. The Kier molecular flexibility index (Phi) is 9.40. The van der Waals surface area contributed by atoms with E-state index in [0.717, 1.165) is 19.3 Å². The molecule has 1 aliphatic rings. The molecule has 1 fully saturated rings. The molecule has 2 aromatic rings. The number of carbonyl (C=O) groups excluding carboxylic acids is 1. The minimum absolute atomic E-state index is 0.0348. The lowest BCUT2D eigenvalue weighted by atomic mass is 10.2. The highest BCUT2D eigenvalue weighted by Crippen LogP contribution is 2.33. The number of anilines is 2. The van der Waals surface area contributed by atoms with Gasteiger partial charge < -0.3 is 30.2 Å². The number of fused-ring (bicyclic) bond motifs is 1. The number of methoxy groups -OCH3 is 2. The Hall–Kier alpha value is -2.94. The van der Waals surface area contributed by atoms with Crippen molar-refractivity contribution >= 4 is 39.0 Å². The van der Waals surface area contributed by atoms with Crippen LogP contribution < -0.4 is 25.4 Å². The maximum absolute atomic E-state index is 12.0. The Bertz CT molecular complexity index is 1050. The number of nitrogen functional groups attached to an aromatic ring is 1. The summed E-state index contributed by atoms with van der Waals surface area (Å²) in [6, 6.07) is 3.55. The van der Waals surface area contributed by atoms with Gasteiger partial charge in [0, 0.05) is 38.2 Å². The largest absolute Gasteiger partial charge is 0.493 e. The fourth-order valence-corrected chi connectivity index (χ4v) is 3.16. The van der Waals surface area contributed by atoms with Crippen LogP contribution in [0.3, 0.4) is 0 Å². The van der Waals surface area contributed by atoms with Gasteiger partial charge in [-0.05, 0) is 25.3 Å². The number of hydrogen-bond acceptors (Lipinski definition) is 10. The molecule has 0 saturated carbocycles. The summed E-state index contributed by atoms with van der Waals surface area (Å²) < 4.78 is 47.6. The zero-order chi connectivity index (χ0) is 24.6. The van der Waals surface area contributed by atoms with Crippen molar-refractivity contribution < 1.29 is 36.5 Å². The minimum atomic E-state index is -4.67. The summed E-state index contributed by atoms with van der Waals surface area (Å²) in [4.78, 5) is 22.8. The van der Waals surface area contributed by atoms with E-state index in [1.807, 2.05) is 11.9 Å². The van der Waals surface area contributed by atoms with E-state index < -0.39 is 10.4 Å². The summed E-state index contributed by atoms with van der Waals surface area (Å²) in [5, 5.41) is 3.62. The SMILES string of the molecule is COc1cc2nc(N(C)CCCNC(=O)C3CCCO3)nc(N)c2cc1OC.O=S(=O)(O)O. The molecule has 1 atom stereocenters. The molecule has 13 nitrogen and oxygen atoms in total. The van der Waals surface area contributed by atoms with Crippen molar-refractivity contribution in [2.45, 2.75) is 25.4 Å². The molecule has 2 heterocycles. The van der Waals surface area contributed by atoms with Crippen LogP contribution in [0.4, 0.5) is 11.8 Å². The lowest BCUT2D eigenvalue weighted by Gasteiger charge is -2.19. The van der Waals surface area contributed by atoms with Crippen molar-refractivity contribution in [1.29, 1.82) is 0 Å². The molecule has 0 spiro atoms. The Morgan fingerprint density at radius 2 is 1.91 bits per heavy atom. The summed E-state index contributed by atoms with van der Waals surface area (Å²) in [6.07, 6.45) is 2.19. The van der Waals surface area contributed by atoms with Gasteiger partial charge in [0.25, 0.3) is 0 Å². The standard InChI is InChI=1S/C19H27N5O4.H2O4S/c1-24(8-5-7-21-18(25)14-6-4-9-28-14)19-22-13-11-16(27-3)15(26-2)10-12(13)17(20)23-19;1-5(2,3)4/h10-11,14H,4-9H2,1-3H3,(H,21,25)(H2,20,22,23);(H2,1,2,3,4). The van der Waals surface area contributed by atoms with Crippen LogP contribution in [0.5, 0.6) is 11.5 Å². The summed E-state index contributed by atoms with van der Waals surface area (Å²) in [6.45, 7) is 1.90. The van der Waals surface area contributed by atoms with Crippen LogP contribution in [-0.2, 0) is 19.9 Å². The van der Waals surface area contributed by atoms with Crippen LogP contribution in [0.1, 0.15) is 19.3 Å². The van der Waals surface area contributed by atoms with Gasteiger partial charge in [0.05, 0.1) is 19.7 Å². The highest BCUT2D eigenvalue weighted by atomic mass is 32.3. The molecular formula is C19H29N5O8S. The average Bonchev–Trinajstić information content (AvgIpc) is 3.29. The van der Waals surface area contributed by atoms with Gasteiger partial charge in [-0.2, -0.15) is 13.4 Å². The van der Waals surface area contributed by atoms with Crippen molar-refractivity contribution in [2.24, 2.45) is 0 Å². The molecule has 0 aliphatic carbocycles. The Balaban J connectivity index is 0.000000696. The Morgan fingerprint density at radius 3 is 2.48 bits per heavy atom. The van der Waals surface area contributed by atoms with E-state index in [9.17, 15) is 4.79 Å². The Morgan fingerprint density at radius 1 is 1.27 bits per heavy atom. The number of nitrogens with zero attached hydrogens (tertiary/aromatic N) is 3. The number of nitrogens with one attached hydrogen (secondary N) is 1. The predicted octanol–water partition coefficient (Wildman–Crippen LogP) is 0.698. The molecule has 1 saturated heterocycles. The highest BCUT2D eigenvalue weighted by molar-refractivity contribution is 7.79. The zero-order valence-electron chi connectivity index (χ0n) is 18.6. The van der Waals surface area contributed by atoms with E-state index in [1.54, 1.807) is 26.4 Å². The van der Waals surface area contributed by atoms with E-state index in [0.29, 0.717) is 53.9 Å². The molecule has 0 radical (unpaired) electrons. The van der Waals surface area contributed by atoms with E-state index in [4.69, 9.17) is 37.5 Å². The normalized spacial score (nSPS) is 15.5. The number of carbonyl (C=O) groups is 1. The molecule has 1 aliphatic heterocycles. The highest BCUT2D eigenvalue weighted by Gasteiger charge is 2.22. The summed E-state index contributed by atoms with van der Waals surface area (Å²) in [7, 11) is 0.371. The smallest absolute Gasteiger partial charge is 0.394 e. The molecule has 184 valence electrons. The van der Waals surface area contributed by atoms with Crippen LogP contribution in [0.25, 0.3) is 10.9 Å². The van der Waals surface area contributed by atoms with Crippen LogP contribution in [-0.4, -0.2) is 80.5 Å². The Labute approximate surface area is 191 Å². The molecular weight excluding hydrogens is 458 g/mol. The van der Waals surface area contributed by atoms with Crippen molar-refractivity contribution in [2.75, 3.05) is 51.6 Å². The number of amides is 1. The quantitative estimate of drug-likeness (QED) is 0.302. The first kappa shape index (κ1) is 26.3. The third-order valence-electron chi connectivity index (χ3n) is 4.75. The third kappa shape index (κ3) is 8.16.